The van der Waals surface area contributed by atoms with E-state index in [1.807, 2.05) is 10.7 Å². The van der Waals surface area contributed by atoms with Crippen molar-refractivity contribution in [3.05, 3.63) is 39.8 Å². The molecule has 1 amide bonds. The average Bonchev–Trinajstić information content (AvgIpc) is 2.99. The summed E-state index contributed by atoms with van der Waals surface area (Å²) >= 11 is 11.9. The highest BCUT2D eigenvalue weighted by Crippen LogP contribution is 2.24. The third-order valence-corrected chi connectivity index (χ3v) is 4.20. The number of carbonyl (C=O) groups is 1. The minimum absolute atomic E-state index is 0.184. The molecular formula is C18H25Cl2N5O. The second-order valence-corrected chi connectivity index (χ2v) is 8.20. The Morgan fingerprint density at radius 2 is 1.92 bits per heavy atom. The molecule has 26 heavy (non-hydrogen) atoms. The fraction of sp³-hybridized carbons (Fsp3) is 0.500. The fourth-order valence-corrected chi connectivity index (χ4v) is 2.89. The summed E-state index contributed by atoms with van der Waals surface area (Å²) in [5, 5.41) is 11.3. The second kappa shape index (κ2) is 8.27. The van der Waals surface area contributed by atoms with Gasteiger partial charge in [0, 0.05) is 25.0 Å². The largest absolute Gasteiger partial charge is 0.367 e. The Hall–Kier alpha value is -1.79. The summed E-state index contributed by atoms with van der Waals surface area (Å²) < 4.78 is 1.92. The second-order valence-electron chi connectivity index (χ2n) is 7.36. The molecule has 2 N–H and O–H groups in total. The lowest BCUT2D eigenvalue weighted by Crippen LogP contribution is -2.30. The monoisotopic (exact) mass is 397 g/mol. The molecule has 0 radical (unpaired) electrons. The van der Waals surface area contributed by atoms with E-state index in [1.165, 1.54) is 6.20 Å². The Morgan fingerprint density at radius 3 is 2.46 bits per heavy atom. The van der Waals surface area contributed by atoms with Crippen molar-refractivity contribution in [3.63, 3.8) is 0 Å². The third-order valence-electron chi connectivity index (χ3n) is 3.71. The van der Waals surface area contributed by atoms with Crippen molar-refractivity contribution in [3.8, 4) is 0 Å². The van der Waals surface area contributed by atoms with Gasteiger partial charge in [0.25, 0.3) is 5.91 Å². The van der Waals surface area contributed by atoms with E-state index in [0.29, 0.717) is 34.6 Å². The van der Waals surface area contributed by atoms with Gasteiger partial charge in [-0.25, -0.2) is 4.98 Å². The zero-order chi connectivity index (χ0) is 19.5. The molecule has 8 heteroatoms. The first-order valence-electron chi connectivity index (χ1n) is 8.53. The molecule has 0 saturated heterocycles. The van der Waals surface area contributed by atoms with Crippen molar-refractivity contribution < 1.29 is 4.79 Å². The van der Waals surface area contributed by atoms with Crippen molar-refractivity contribution in [1.29, 1.82) is 0 Å². The summed E-state index contributed by atoms with van der Waals surface area (Å²) in [6.07, 6.45) is 1.51. The molecule has 0 aliphatic carbocycles. The minimum Gasteiger partial charge on any atom is -0.367 e. The van der Waals surface area contributed by atoms with Gasteiger partial charge < -0.3 is 10.6 Å². The molecule has 0 spiro atoms. The van der Waals surface area contributed by atoms with E-state index in [4.69, 9.17) is 23.2 Å². The molecule has 2 aromatic rings. The molecule has 0 aromatic carbocycles. The maximum absolute atomic E-state index is 12.4. The van der Waals surface area contributed by atoms with Crippen LogP contribution in [0.1, 0.15) is 56.7 Å². The first-order valence-corrected chi connectivity index (χ1v) is 9.28. The number of hydrogen-bond donors (Lipinski definition) is 2. The van der Waals surface area contributed by atoms with Crippen LogP contribution < -0.4 is 10.6 Å². The van der Waals surface area contributed by atoms with Crippen LogP contribution in [0.4, 0.5) is 5.82 Å². The van der Waals surface area contributed by atoms with E-state index < -0.39 is 0 Å². The van der Waals surface area contributed by atoms with Crippen molar-refractivity contribution in [2.75, 3.05) is 18.4 Å². The van der Waals surface area contributed by atoms with Gasteiger partial charge in [0.15, 0.2) is 0 Å². The van der Waals surface area contributed by atoms with E-state index in [1.54, 1.807) is 6.07 Å². The normalized spacial score (nSPS) is 11.7. The molecule has 0 unspecified atom stereocenters. The van der Waals surface area contributed by atoms with Gasteiger partial charge in [0.1, 0.15) is 11.5 Å². The molecule has 0 saturated carbocycles. The summed E-state index contributed by atoms with van der Waals surface area (Å²) in [5.74, 6) is 0.611. The van der Waals surface area contributed by atoms with E-state index >= 15 is 0 Å². The molecule has 0 fully saturated rings. The number of halogens is 2. The van der Waals surface area contributed by atoms with Crippen LogP contribution in [0.3, 0.4) is 0 Å². The van der Waals surface area contributed by atoms with Gasteiger partial charge in [-0.05, 0) is 38.8 Å². The first-order chi connectivity index (χ1) is 12.1. The van der Waals surface area contributed by atoms with Crippen molar-refractivity contribution in [2.45, 2.75) is 46.1 Å². The molecule has 0 bridgehead atoms. The van der Waals surface area contributed by atoms with Crippen molar-refractivity contribution in [2.24, 2.45) is 0 Å². The molecular weight excluding hydrogens is 373 g/mol. The third kappa shape index (κ3) is 5.11. The number of hydrogen-bond acceptors (Lipinski definition) is 4. The van der Waals surface area contributed by atoms with Crippen molar-refractivity contribution >= 4 is 34.9 Å². The van der Waals surface area contributed by atoms with E-state index in [0.717, 1.165) is 5.69 Å². The number of nitrogens with zero attached hydrogens (tertiary/aromatic N) is 3. The van der Waals surface area contributed by atoms with E-state index in [9.17, 15) is 4.79 Å². The topological polar surface area (TPSA) is 71.8 Å². The Morgan fingerprint density at radius 1 is 1.23 bits per heavy atom. The standard InChI is InChI=1S/C18H25Cl2N5O/c1-11(2)15-9-14(24-25(15)18(3,4)5)17(26)22-7-6-21-16-13(20)8-12(19)10-23-16/h8-11H,6-7H2,1-5H3,(H,21,23)(H,22,26). The minimum atomic E-state index is -0.202. The number of anilines is 1. The van der Waals surface area contributed by atoms with Crippen LogP contribution in [0, 0.1) is 0 Å². The van der Waals surface area contributed by atoms with Crippen LogP contribution in [0.5, 0.6) is 0 Å². The molecule has 0 atom stereocenters. The highest BCUT2D eigenvalue weighted by atomic mass is 35.5. The van der Waals surface area contributed by atoms with E-state index in [-0.39, 0.29) is 17.4 Å². The summed E-state index contributed by atoms with van der Waals surface area (Å²) in [6, 6.07) is 3.47. The Kier molecular flexibility index (Phi) is 6.53. The van der Waals surface area contributed by atoms with Gasteiger partial charge >= 0.3 is 0 Å². The lowest BCUT2D eigenvalue weighted by Gasteiger charge is -2.23. The molecule has 2 aromatic heterocycles. The van der Waals surface area contributed by atoms with Crippen molar-refractivity contribution in [1.82, 2.24) is 20.1 Å². The Bertz CT molecular complexity index is 780. The number of pyridine rings is 1. The summed E-state index contributed by atoms with van der Waals surface area (Å²) in [6.45, 7) is 11.3. The molecule has 0 aliphatic heterocycles. The van der Waals surface area contributed by atoms with Gasteiger partial charge in [-0.15, -0.1) is 0 Å². The summed E-state index contributed by atoms with van der Waals surface area (Å²) in [5.41, 5.74) is 1.28. The molecule has 0 aliphatic rings. The number of rotatable bonds is 6. The van der Waals surface area contributed by atoms with Gasteiger partial charge in [0.05, 0.1) is 15.6 Å². The van der Waals surface area contributed by atoms with Crippen LogP contribution in [0.25, 0.3) is 0 Å². The lowest BCUT2D eigenvalue weighted by atomic mass is 10.1. The van der Waals surface area contributed by atoms with Gasteiger partial charge in [-0.3, -0.25) is 9.48 Å². The SMILES string of the molecule is CC(C)c1cc(C(=O)NCCNc2ncc(Cl)cc2Cl)nn1C(C)(C)C. The highest BCUT2D eigenvalue weighted by Gasteiger charge is 2.23. The lowest BCUT2D eigenvalue weighted by molar-refractivity contribution is 0.0948. The van der Waals surface area contributed by atoms with E-state index in [2.05, 4.69) is 55.3 Å². The van der Waals surface area contributed by atoms with Crippen LogP contribution in [-0.2, 0) is 5.54 Å². The number of amides is 1. The van der Waals surface area contributed by atoms with Gasteiger partial charge in [0.2, 0.25) is 0 Å². The molecule has 6 nitrogen and oxygen atoms in total. The smallest absolute Gasteiger partial charge is 0.271 e. The Balaban J connectivity index is 1.96. The predicted octanol–water partition coefficient (Wildman–Crippen LogP) is 4.31. The zero-order valence-electron chi connectivity index (χ0n) is 15.7. The molecule has 2 heterocycles. The highest BCUT2D eigenvalue weighted by molar-refractivity contribution is 6.35. The summed E-state index contributed by atoms with van der Waals surface area (Å²) in [7, 11) is 0. The van der Waals surface area contributed by atoms with Crippen LogP contribution >= 0.6 is 23.2 Å². The van der Waals surface area contributed by atoms with Crippen LogP contribution in [0.15, 0.2) is 18.3 Å². The van der Waals surface area contributed by atoms with Crippen LogP contribution in [0.2, 0.25) is 10.0 Å². The molecule has 2 rings (SSSR count). The average molecular weight is 398 g/mol. The maximum atomic E-state index is 12.4. The number of nitrogens with one attached hydrogen (secondary N) is 2. The quantitative estimate of drug-likeness (QED) is 0.712. The first kappa shape index (κ1) is 20.5. The number of aromatic nitrogens is 3. The maximum Gasteiger partial charge on any atom is 0.271 e. The Labute approximate surface area is 164 Å². The van der Waals surface area contributed by atoms with Gasteiger partial charge in [-0.2, -0.15) is 5.10 Å². The summed E-state index contributed by atoms with van der Waals surface area (Å²) in [4.78, 5) is 16.5. The fourth-order valence-electron chi connectivity index (χ4n) is 2.45. The zero-order valence-corrected chi connectivity index (χ0v) is 17.2. The predicted molar refractivity (Wildman–Crippen MR) is 106 cm³/mol. The van der Waals surface area contributed by atoms with Crippen LogP contribution in [-0.4, -0.2) is 33.8 Å². The molecule has 142 valence electrons. The number of carbonyl (C=O) groups excluding carboxylic acids is 1. The van der Waals surface area contributed by atoms with Gasteiger partial charge in [-0.1, -0.05) is 37.0 Å².